The highest BCUT2D eigenvalue weighted by atomic mass is 79.9. The monoisotopic (exact) mass is 424 g/mol. The third kappa shape index (κ3) is 3.31. The molecule has 0 unspecified atom stereocenters. The first-order valence-electron chi connectivity index (χ1n) is 5.13. The lowest BCUT2D eigenvalue weighted by atomic mass is 10.3. The first kappa shape index (κ1) is 14.8. The molecule has 0 aliphatic carbocycles. The molecule has 0 spiro atoms. The van der Waals surface area contributed by atoms with E-state index in [1.165, 1.54) is 11.3 Å². The lowest BCUT2D eigenvalue weighted by molar-refractivity contribution is 0.603. The molecule has 4 nitrogen and oxygen atoms in total. The average molecular weight is 426 g/mol. The van der Waals surface area contributed by atoms with Crippen LogP contribution >= 0.6 is 43.2 Å². The summed E-state index contributed by atoms with van der Waals surface area (Å²) in [5.74, 6) is 0. The predicted octanol–water partition coefficient (Wildman–Crippen LogP) is 3.96. The fraction of sp³-hybridized carbons (Fsp3) is 0.0909. The molecule has 1 aromatic carbocycles. The summed E-state index contributed by atoms with van der Waals surface area (Å²) in [6, 6.07) is 6.53. The number of hydrogen-bond donors (Lipinski definition) is 2. The Morgan fingerprint density at radius 1 is 1.26 bits per heavy atom. The standard InChI is InChI=1S/C11H10Br2N2O2S2/c1-6-4-10(18-11(6)13)19(16,17)15-9-3-2-7(14)5-8(9)12/h2-5,15H,14H2,1H3. The van der Waals surface area contributed by atoms with E-state index in [1.807, 2.05) is 6.92 Å². The number of hydrogen-bond acceptors (Lipinski definition) is 4. The highest BCUT2D eigenvalue weighted by Gasteiger charge is 2.19. The van der Waals surface area contributed by atoms with Crippen molar-refractivity contribution in [1.29, 1.82) is 0 Å². The lowest BCUT2D eigenvalue weighted by Gasteiger charge is -2.08. The second-order valence-corrected chi connectivity index (χ2v) is 9.00. The number of rotatable bonds is 3. The van der Waals surface area contributed by atoms with Crippen molar-refractivity contribution in [3.63, 3.8) is 0 Å². The number of thiophene rings is 1. The maximum atomic E-state index is 12.2. The predicted molar refractivity (Wildman–Crippen MR) is 86.1 cm³/mol. The van der Waals surface area contributed by atoms with Crippen LogP contribution in [0.1, 0.15) is 5.56 Å². The lowest BCUT2D eigenvalue weighted by Crippen LogP contribution is -2.11. The summed E-state index contributed by atoms with van der Waals surface area (Å²) in [5.41, 5.74) is 7.52. The first-order chi connectivity index (χ1) is 8.79. The van der Waals surface area contributed by atoms with Gasteiger partial charge >= 0.3 is 0 Å². The highest BCUT2D eigenvalue weighted by Crippen LogP contribution is 2.33. The molecule has 0 saturated heterocycles. The zero-order valence-electron chi connectivity index (χ0n) is 9.78. The highest BCUT2D eigenvalue weighted by molar-refractivity contribution is 9.11. The second kappa shape index (κ2) is 5.43. The van der Waals surface area contributed by atoms with Gasteiger partial charge in [-0.3, -0.25) is 4.72 Å². The zero-order chi connectivity index (χ0) is 14.2. The second-order valence-electron chi connectivity index (χ2n) is 3.87. The van der Waals surface area contributed by atoms with E-state index >= 15 is 0 Å². The van der Waals surface area contributed by atoms with Gasteiger partial charge in [0.1, 0.15) is 4.21 Å². The van der Waals surface area contributed by atoms with E-state index in [2.05, 4.69) is 36.6 Å². The van der Waals surface area contributed by atoms with Crippen molar-refractivity contribution in [3.05, 3.63) is 38.1 Å². The van der Waals surface area contributed by atoms with Gasteiger partial charge in [0.25, 0.3) is 10.0 Å². The molecule has 0 aliphatic heterocycles. The Balaban J connectivity index is 2.36. The van der Waals surface area contributed by atoms with Crippen LogP contribution < -0.4 is 10.5 Å². The quantitative estimate of drug-likeness (QED) is 0.730. The minimum atomic E-state index is -3.58. The van der Waals surface area contributed by atoms with Gasteiger partial charge in [-0.05, 0) is 68.6 Å². The summed E-state index contributed by atoms with van der Waals surface area (Å²) in [7, 11) is -3.58. The molecule has 1 heterocycles. The molecular formula is C11H10Br2N2O2S2. The van der Waals surface area contributed by atoms with Gasteiger partial charge in [-0.25, -0.2) is 8.42 Å². The molecule has 3 N–H and O–H groups in total. The first-order valence-corrected chi connectivity index (χ1v) is 9.02. The third-order valence-corrected chi connectivity index (χ3v) is 6.97. The van der Waals surface area contributed by atoms with Crippen molar-refractivity contribution in [2.24, 2.45) is 0 Å². The SMILES string of the molecule is Cc1cc(S(=O)(=O)Nc2ccc(N)cc2Br)sc1Br. The largest absolute Gasteiger partial charge is 0.399 e. The number of halogens is 2. The van der Waals surface area contributed by atoms with Crippen molar-refractivity contribution in [1.82, 2.24) is 0 Å². The fourth-order valence-electron chi connectivity index (χ4n) is 1.37. The van der Waals surface area contributed by atoms with Gasteiger partial charge in [0.05, 0.1) is 9.47 Å². The number of sulfonamides is 1. The Hall–Kier alpha value is -0.570. The van der Waals surface area contributed by atoms with E-state index < -0.39 is 10.0 Å². The Morgan fingerprint density at radius 2 is 1.95 bits per heavy atom. The van der Waals surface area contributed by atoms with Crippen LogP contribution in [0.4, 0.5) is 11.4 Å². The van der Waals surface area contributed by atoms with Gasteiger partial charge in [-0.1, -0.05) is 0 Å². The Kier molecular flexibility index (Phi) is 4.24. The van der Waals surface area contributed by atoms with Gasteiger partial charge in [0, 0.05) is 10.2 Å². The molecule has 19 heavy (non-hydrogen) atoms. The van der Waals surface area contributed by atoms with Crippen LogP contribution in [-0.4, -0.2) is 8.42 Å². The Labute approximate surface area is 132 Å². The summed E-state index contributed by atoms with van der Waals surface area (Å²) in [5, 5.41) is 0. The average Bonchev–Trinajstić information content (AvgIpc) is 2.64. The van der Waals surface area contributed by atoms with Crippen LogP contribution in [0.3, 0.4) is 0 Å². The minimum absolute atomic E-state index is 0.264. The van der Waals surface area contributed by atoms with Crippen LogP contribution in [0, 0.1) is 6.92 Å². The maximum absolute atomic E-state index is 12.2. The van der Waals surface area contributed by atoms with Gasteiger partial charge < -0.3 is 5.73 Å². The van der Waals surface area contributed by atoms with E-state index in [4.69, 9.17) is 5.73 Å². The summed E-state index contributed by atoms with van der Waals surface area (Å²) in [6.45, 7) is 1.85. The summed E-state index contributed by atoms with van der Waals surface area (Å²) >= 11 is 7.77. The Bertz CT molecular complexity index is 707. The number of anilines is 2. The van der Waals surface area contributed by atoms with Crippen molar-refractivity contribution >= 4 is 64.6 Å². The van der Waals surface area contributed by atoms with Crippen LogP contribution in [0.5, 0.6) is 0 Å². The van der Waals surface area contributed by atoms with E-state index in [0.29, 0.717) is 15.8 Å². The molecule has 0 atom stereocenters. The van der Waals surface area contributed by atoms with Gasteiger partial charge in [-0.2, -0.15) is 0 Å². The third-order valence-electron chi connectivity index (χ3n) is 2.34. The van der Waals surface area contributed by atoms with Crippen LogP contribution in [0.2, 0.25) is 0 Å². The normalized spacial score (nSPS) is 11.5. The Morgan fingerprint density at radius 3 is 2.47 bits per heavy atom. The topological polar surface area (TPSA) is 72.2 Å². The summed E-state index contributed by atoms with van der Waals surface area (Å²) in [4.78, 5) is 0. The van der Waals surface area contributed by atoms with Crippen molar-refractivity contribution < 1.29 is 8.42 Å². The van der Waals surface area contributed by atoms with Gasteiger partial charge in [0.2, 0.25) is 0 Å². The summed E-state index contributed by atoms with van der Waals surface area (Å²) < 4.78 is 28.7. The molecule has 0 amide bonds. The van der Waals surface area contributed by atoms with Gasteiger partial charge in [-0.15, -0.1) is 11.3 Å². The van der Waals surface area contributed by atoms with E-state index in [-0.39, 0.29) is 4.21 Å². The smallest absolute Gasteiger partial charge is 0.271 e. The molecule has 0 fully saturated rings. The minimum Gasteiger partial charge on any atom is -0.399 e. The van der Waals surface area contributed by atoms with Crippen LogP contribution in [-0.2, 0) is 10.0 Å². The van der Waals surface area contributed by atoms with Crippen LogP contribution in [0.25, 0.3) is 0 Å². The zero-order valence-corrected chi connectivity index (χ0v) is 14.6. The van der Waals surface area contributed by atoms with E-state index in [0.717, 1.165) is 9.35 Å². The number of nitrogen functional groups attached to an aromatic ring is 1. The van der Waals surface area contributed by atoms with Crippen molar-refractivity contribution in [2.45, 2.75) is 11.1 Å². The number of aryl methyl sites for hydroxylation is 1. The van der Waals surface area contributed by atoms with E-state index in [1.54, 1.807) is 24.3 Å². The molecule has 8 heteroatoms. The van der Waals surface area contributed by atoms with Crippen molar-refractivity contribution in [3.8, 4) is 0 Å². The maximum Gasteiger partial charge on any atom is 0.271 e. The van der Waals surface area contributed by atoms with Gasteiger partial charge in [0.15, 0.2) is 0 Å². The summed E-state index contributed by atoms with van der Waals surface area (Å²) in [6.07, 6.45) is 0. The molecule has 102 valence electrons. The molecule has 1 aromatic heterocycles. The van der Waals surface area contributed by atoms with Crippen LogP contribution in [0.15, 0.2) is 36.7 Å². The molecule has 0 aliphatic rings. The number of nitrogens with one attached hydrogen (secondary N) is 1. The molecule has 0 saturated carbocycles. The molecule has 0 radical (unpaired) electrons. The number of nitrogens with two attached hydrogens (primary N) is 1. The fourth-order valence-corrected chi connectivity index (χ4v) is 5.31. The molecular weight excluding hydrogens is 416 g/mol. The van der Waals surface area contributed by atoms with E-state index in [9.17, 15) is 8.42 Å². The molecule has 2 aromatic rings. The number of benzene rings is 1. The molecule has 0 bridgehead atoms. The van der Waals surface area contributed by atoms with Crippen molar-refractivity contribution in [2.75, 3.05) is 10.5 Å². The molecule has 2 rings (SSSR count).